The van der Waals surface area contributed by atoms with E-state index in [9.17, 15) is 28.9 Å². The van der Waals surface area contributed by atoms with Crippen LogP contribution in [0, 0.1) is 0 Å². The molecule has 2 aromatic rings. The molecule has 1 aromatic heterocycles. The van der Waals surface area contributed by atoms with Gasteiger partial charge in [0.1, 0.15) is 12.3 Å². The zero-order chi connectivity index (χ0) is 26.5. The lowest BCUT2D eigenvalue weighted by molar-refractivity contribution is -0.139. The SMILES string of the molecule is CON(c1ccccc1)[C@@H](C)C(=O)OP(=O)(O)OC[C@H]1O[C@@H](n2cc(/C=C/Br)c(=O)[nH]c2=O)C[C@@H]1O. The quantitative estimate of drug-likeness (QED) is 0.272. The summed E-state index contributed by atoms with van der Waals surface area (Å²) in [5.74, 6) is -1.09. The number of para-hydroxylation sites is 1. The standard InChI is InChI=1S/C21H25BrN3O10P/c1-13(25(32-2)15-6-4-3-5-7-15)20(28)35-36(30,31)33-12-17-16(26)10-18(34-17)24-11-14(8-9-22)19(27)23-21(24)29/h3-9,11,13,16-18,26H,10,12H2,1-2H3,(H,30,31)(H,23,27,29)/b9-8+/t13-,16-,17+,18+/m0/s1. The van der Waals surface area contributed by atoms with E-state index in [0.29, 0.717) is 5.69 Å². The van der Waals surface area contributed by atoms with Crippen molar-refractivity contribution in [1.29, 1.82) is 0 Å². The third kappa shape index (κ3) is 6.79. The molecule has 3 N–H and O–H groups in total. The van der Waals surface area contributed by atoms with Gasteiger partial charge in [0, 0.05) is 12.6 Å². The number of halogens is 1. The predicted molar refractivity (Wildman–Crippen MR) is 131 cm³/mol. The second-order valence-corrected chi connectivity index (χ2v) is 9.58. The Balaban J connectivity index is 1.62. The number of aliphatic hydroxyl groups excluding tert-OH is 1. The normalized spacial score (nSPS) is 22.3. The highest BCUT2D eigenvalue weighted by molar-refractivity contribution is 9.11. The van der Waals surface area contributed by atoms with Crippen LogP contribution in [0.4, 0.5) is 5.69 Å². The number of aromatic amines is 1. The summed E-state index contributed by atoms with van der Waals surface area (Å²) in [6, 6.07) is 7.45. The van der Waals surface area contributed by atoms with Gasteiger partial charge in [-0.05, 0) is 30.1 Å². The van der Waals surface area contributed by atoms with Crippen LogP contribution in [-0.4, -0.2) is 57.5 Å². The molecule has 1 aromatic carbocycles. The number of rotatable bonds is 10. The molecular weight excluding hydrogens is 565 g/mol. The summed E-state index contributed by atoms with van der Waals surface area (Å²) in [6.07, 6.45) is -0.679. The smallest absolute Gasteiger partial charge is 0.390 e. The fraction of sp³-hybridized carbons (Fsp3) is 0.381. The van der Waals surface area contributed by atoms with Crippen molar-refractivity contribution in [3.05, 3.63) is 67.9 Å². The van der Waals surface area contributed by atoms with E-state index in [2.05, 4.69) is 25.4 Å². The highest BCUT2D eigenvalue weighted by Gasteiger charge is 2.39. The Hall–Kier alpha value is -2.58. The number of hydroxylamine groups is 1. The van der Waals surface area contributed by atoms with Gasteiger partial charge in [0.15, 0.2) is 6.04 Å². The zero-order valence-electron chi connectivity index (χ0n) is 19.2. The zero-order valence-corrected chi connectivity index (χ0v) is 21.7. The summed E-state index contributed by atoms with van der Waals surface area (Å²) in [7, 11) is -3.57. The molecule has 0 radical (unpaired) electrons. The number of carbonyl (C=O) groups is 1. The average Bonchev–Trinajstić information content (AvgIpc) is 3.20. The van der Waals surface area contributed by atoms with E-state index in [1.807, 2.05) is 0 Å². The Morgan fingerprint density at radius 1 is 1.39 bits per heavy atom. The Morgan fingerprint density at radius 2 is 2.08 bits per heavy atom. The molecule has 1 aliphatic rings. The molecule has 36 heavy (non-hydrogen) atoms. The predicted octanol–water partition coefficient (Wildman–Crippen LogP) is 1.67. The second kappa shape index (κ2) is 12.1. The van der Waals surface area contributed by atoms with Crippen molar-refractivity contribution in [2.24, 2.45) is 0 Å². The summed E-state index contributed by atoms with van der Waals surface area (Å²) in [5.41, 5.74) is -0.700. The number of phosphoric ester groups is 1. The van der Waals surface area contributed by atoms with E-state index in [1.54, 1.807) is 30.3 Å². The first-order chi connectivity index (χ1) is 17.1. The van der Waals surface area contributed by atoms with Gasteiger partial charge in [0.2, 0.25) is 0 Å². The molecule has 0 amide bonds. The Labute approximate surface area is 213 Å². The van der Waals surface area contributed by atoms with Gasteiger partial charge in [-0.2, -0.15) is 0 Å². The third-order valence-corrected chi connectivity index (χ3v) is 6.41. The highest BCUT2D eigenvalue weighted by Crippen LogP contribution is 2.45. The molecule has 1 unspecified atom stereocenters. The summed E-state index contributed by atoms with van der Waals surface area (Å²) in [4.78, 5) is 55.3. The van der Waals surface area contributed by atoms with Crippen molar-refractivity contribution in [3.8, 4) is 0 Å². The minimum absolute atomic E-state index is 0.0656. The van der Waals surface area contributed by atoms with Crippen molar-refractivity contribution < 1.29 is 38.0 Å². The van der Waals surface area contributed by atoms with Gasteiger partial charge in [0.05, 0.1) is 31.1 Å². The Kier molecular flexibility index (Phi) is 9.41. The monoisotopic (exact) mass is 589 g/mol. The second-order valence-electron chi connectivity index (χ2n) is 7.67. The van der Waals surface area contributed by atoms with Crippen LogP contribution in [-0.2, 0) is 28.0 Å². The number of anilines is 1. The first-order valence-electron chi connectivity index (χ1n) is 10.6. The molecule has 0 bridgehead atoms. The molecule has 13 nitrogen and oxygen atoms in total. The van der Waals surface area contributed by atoms with Crippen LogP contribution in [0.15, 0.2) is 51.1 Å². The van der Waals surface area contributed by atoms with Crippen molar-refractivity contribution >= 4 is 41.5 Å². The van der Waals surface area contributed by atoms with E-state index < -0.39 is 56.1 Å². The van der Waals surface area contributed by atoms with E-state index >= 15 is 0 Å². The van der Waals surface area contributed by atoms with E-state index in [0.717, 1.165) is 4.57 Å². The van der Waals surface area contributed by atoms with Crippen molar-refractivity contribution in [2.75, 3.05) is 18.8 Å². The summed E-state index contributed by atoms with van der Waals surface area (Å²) >= 11 is 3.05. The van der Waals surface area contributed by atoms with Crippen molar-refractivity contribution in [3.63, 3.8) is 0 Å². The van der Waals surface area contributed by atoms with Crippen LogP contribution in [0.1, 0.15) is 25.1 Å². The van der Waals surface area contributed by atoms with Crippen LogP contribution < -0.4 is 16.3 Å². The number of hydrogen-bond donors (Lipinski definition) is 3. The number of phosphoric acid groups is 1. The lowest BCUT2D eigenvalue weighted by Gasteiger charge is -2.27. The molecule has 0 aliphatic carbocycles. The number of aliphatic hydroxyl groups is 1. The molecule has 1 saturated heterocycles. The molecule has 0 spiro atoms. The Morgan fingerprint density at radius 3 is 2.72 bits per heavy atom. The van der Waals surface area contributed by atoms with Gasteiger partial charge < -0.3 is 14.4 Å². The molecule has 2 heterocycles. The number of carbonyl (C=O) groups excluding carboxylic acids is 1. The van der Waals surface area contributed by atoms with Gasteiger partial charge in [-0.25, -0.2) is 19.2 Å². The van der Waals surface area contributed by atoms with E-state index in [4.69, 9.17) is 14.1 Å². The number of nitrogens with one attached hydrogen (secondary N) is 1. The van der Waals surface area contributed by atoms with E-state index in [1.165, 1.54) is 36.4 Å². The molecule has 15 heteroatoms. The van der Waals surface area contributed by atoms with Crippen molar-refractivity contribution in [1.82, 2.24) is 9.55 Å². The molecule has 5 atom stereocenters. The number of H-pyrrole nitrogens is 1. The lowest BCUT2D eigenvalue weighted by Crippen LogP contribution is -2.39. The highest BCUT2D eigenvalue weighted by atomic mass is 79.9. The van der Waals surface area contributed by atoms with Crippen LogP contribution in [0.2, 0.25) is 0 Å². The summed E-state index contributed by atoms with van der Waals surface area (Å²) in [6.45, 7) is 0.792. The molecule has 0 saturated carbocycles. The number of aromatic nitrogens is 2. The topological polar surface area (TPSA) is 170 Å². The van der Waals surface area contributed by atoms with Crippen molar-refractivity contribution in [2.45, 2.75) is 37.8 Å². The van der Waals surface area contributed by atoms with Gasteiger partial charge in [-0.15, -0.1) is 0 Å². The maximum atomic E-state index is 12.5. The van der Waals surface area contributed by atoms with Crippen LogP contribution >= 0.6 is 23.8 Å². The number of ether oxygens (including phenoxy) is 1. The summed E-state index contributed by atoms with van der Waals surface area (Å²) < 4.78 is 28.6. The fourth-order valence-corrected chi connectivity index (χ4v) is 4.53. The first-order valence-corrected chi connectivity index (χ1v) is 13.0. The number of hydrogen-bond acceptors (Lipinski definition) is 10. The summed E-state index contributed by atoms with van der Waals surface area (Å²) in [5, 5.41) is 11.5. The molecule has 1 aliphatic heterocycles. The van der Waals surface area contributed by atoms with E-state index in [-0.39, 0.29) is 12.0 Å². The van der Waals surface area contributed by atoms with Gasteiger partial charge >= 0.3 is 19.5 Å². The average molecular weight is 590 g/mol. The minimum Gasteiger partial charge on any atom is -0.390 e. The van der Waals surface area contributed by atoms with Gasteiger partial charge in [-0.3, -0.25) is 28.6 Å². The van der Waals surface area contributed by atoms with Gasteiger partial charge in [-0.1, -0.05) is 34.1 Å². The van der Waals surface area contributed by atoms with Crippen LogP contribution in [0.5, 0.6) is 0 Å². The molecule has 3 rings (SSSR count). The third-order valence-electron chi connectivity index (χ3n) is 5.26. The number of benzene rings is 1. The minimum atomic E-state index is -4.90. The Bertz CT molecular complexity index is 1250. The van der Waals surface area contributed by atoms with Crippen LogP contribution in [0.25, 0.3) is 6.08 Å². The largest absolute Gasteiger partial charge is 0.529 e. The number of nitrogens with zero attached hydrogens (tertiary/aromatic N) is 2. The lowest BCUT2D eigenvalue weighted by atomic mass is 10.2. The van der Waals surface area contributed by atoms with Crippen LogP contribution in [0.3, 0.4) is 0 Å². The maximum Gasteiger partial charge on any atom is 0.529 e. The first kappa shape index (κ1) is 28.0. The molecule has 1 fully saturated rings. The molecular formula is C21H25BrN3O10P. The molecule has 196 valence electrons. The van der Waals surface area contributed by atoms with Gasteiger partial charge in [0.25, 0.3) is 5.56 Å². The fourth-order valence-electron chi connectivity index (χ4n) is 3.48. The maximum absolute atomic E-state index is 12.5.